The molecule has 2 aliphatic rings. The van der Waals surface area contributed by atoms with Crippen LogP contribution in [-0.4, -0.2) is 6.04 Å². The van der Waals surface area contributed by atoms with Crippen molar-refractivity contribution in [3.63, 3.8) is 0 Å². The van der Waals surface area contributed by atoms with Crippen molar-refractivity contribution < 1.29 is 0 Å². The molecular formula is C15H23NS. The Balaban J connectivity index is 1.67. The molecule has 1 fully saturated rings. The Kier molecular flexibility index (Phi) is 3.27. The van der Waals surface area contributed by atoms with Gasteiger partial charge in [-0.15, -0.1) is 11.3 Å². The van der Waals surface area contributed by atoms with Crippen molar-refractivity contribution in [3.05, 3.63) is 21.4 Å². The predicted octanol–water partition coefficient (Wildman–Crippen LogP) is 4.08. The lowest BCUT2D eigenvalue weighted by Gasteiger charge is -2.18. The molecule has 0 bridgehead atoms. The number of thiophene rings is 1. The average molecular weight is 249 g/mol. The van der Waals surface area contributed by atoms with Crippen molar-refractivity contribution in [1.82, 2.24) is 5.32 Å². The Labute approximate surface area is 109 Å². The third-order valence-corrected chi connectivity index (χ3v) is 5.70. The highest BCUT2D eigenvalue weighted by Crippen LogP contribution is 2.36. The van der Waals surface area contributed by atoms with Crippen molar-refractivity contribution in [3.8, 4) is 0 Å². The quantitative estimate of drug-likeness (QED) is 0.848. The largest absolute Gasteiger partial charge is 0.307 e. The first-order chi connectivity index (χ1) is 8.24. The van der Waals surface area contributed by atoms with Gasteiger partial charge in [-0.1, -0.05) is 0 Å². The van der Waals surface area contributed by atoms with Gasteiger partial charge in [-0.3, -0.25) is 0 Å². The molecule has 3 rings (SSSR count). The summed E-state index contributed by atoms with van der Waals surface area (Å²) in [6.07, 6.45) is 8.29. The number of hydrogen-bond donors (Lipinski definition) is 1. The van der Waals surface area contributed by atoms with Crippen LogP contribution in [0.1, 0.15) is 60.9 Å². The highest BCUT2D eigenvalue weighted by atomic mass is 32.1. The molecule has 1 nitrogen and oxygen atoms in total. The lowest BCUT2D eigenvalue weighted by Crippen LogP contribution is -2.30. The van der Waals surface area contributed by atoms with Gasteiger partial charge in [-0.25, -0.2) is 0 Å². The standard InChI is InChI=1S/C15H23NS/c1-10(12-7-8-12)16-11(2)15-9-13-5-3-4-6-14(13)17-15/h9-12,16H,3-8H2,1-2H3. The maximum absolute atomic E-state index is 3.78. The summed E-state index contributed by atoms with van der Waals surface area (Å²) < 4.78 is 0. The molecule has 17 heavy (non-hydrogen) atoms. The van der Waals surface area contributed by atoms with Crippen molar-refractivity contribution >= 4 is 11.3 Å². The SMILES string of the molecule is CC(NC(C)C1CC1)c1cc2c(s1)CCCC2. The lowest BCUT2D eigenvalue weighted by atomic mass is 9.99. The zero-order chi connectivity index (χ0) is 11.8. The van der Waals surface area contributed by atoms with E-state index in [9.17, 15) is 0 Å². The van der Waals surface area contributed by atoms with E-state index < -0.39 is 0 Å². The monoisotopic (exact) mass is 249 g/mol. The second-order valence-corrected chi connectivity index (χ2v) is 6.99. The number of rotatable bonds is 4. The number of aryl methyl sites for hydroxylation is 2. The van der Waals surface area contributed by atoms with Crippen molar-refractivity contribution in [2.75, 3.05) is 0 Å². The smallest absolute Gasteiger partial charge is 0.0388 e. The number of nitrogens with one attached hydrogen (secondary N) is 1. The van der Waals surface area contributed by atoms with Gasteiger partial charge in [0.2, 0.25) is 0 Å². The molecule has 1 heterocycles. The average Bonchev–Trinajstić information content (AvgIpc) is 3.08. The number of fused-ring (bicyclic) bond motifs is 1. The minimum Gasteiger partial charge on any atom is -0.307 e. The molecule has 2 atom stereocenters. The van der Waals surface area contributed by atoms with Gasteiger partial charge >= 0.3 is 0 Å². The molecule has 94 valence electrons. The van der Waals surface area contributed by atoms with E-state index in [1.807, 2.05) is 0 Å². The van der Waals surface area contributed by atoms with Gasteiger partial charge in [-0.05, 0) is 69.9 Å². The van der Waals surface area contributed by atoms with E-state index in [2.05, 4.69) is 36.6 Å². The molecule has 2 heteroatoms. The van der Waals surface area contributed by atoms with Crippen LogP contribution in [0.5, 0.6) is 0 Å². The van der Waals surface area contributed by atoms with E-state index in [0.717, 1.165) is 5.92 Å². The summed E-state index contributed by atoms with van der Waals surface area (Å²) in [5.74, 6) is 0.951. The van der Waals surface area contributed by atoms with Crippen molar-refractivity contribution in [2.24, 2.45) is 5.92 Å². The summed E-state index contributed by atoms with van der Waals surface area (Å²) in [6, 6.07) is 3.71. The van der Waals surface area contributed by atoms with E-state index in [-0.39, 0.29) is 0 Å². The van der Waals surface area contributed by atoms with Gasteiger partial charge in [0.1, 0.15) is 0 Å². The molecule has 2 aliphatic carbocycles. The molecule has 1 aromatic heterocycles. The second kappa shape index (κ2) is 4.74. The molecule has 0 radical (unpaired) electrons. The zero-order valence-corrected chi connectivity index (χ0v) is 11.8. The van der Waals surface area contributed by atoms with E-state index in [4.69, 9.17) is 0 Å². The maximum atomic E-state index is 3.78. The fourth-order valence-electron chi connectivity index (χ4n) is 2.94. The van der Waals surface area contributed by atoms with Gasteiger partial charge in [-0.2, -0.15) is 0 Å². The molecule has 0 aliphatic heterocycles. The fourth-order valence-corrected chi connectivity index (χ4v) is 4.20. The van der Waals surface area contributed by atoms with Crippen LogP contribution >= 0.6 is 11.3 Å². The second-order valence-electron chi connectivity index (χ2n) is 5.82. The highest BCUT2D eigenvalue weighted by Gasteiger charge is 2.29. The summed E-state index contributed by atoms with van der Waals surface area (Å²) in [5, 5.41) is 3.78. The first-order valence-electron chi connectivity index (χ1n) is 7.11. The first-order valence-corrected chi connectivity index (χ1v) is 7.93. The minimum absolute atomic E-state index is 0.543. The summed E-state index contributed by atoms with van der Waals surface area (Å²) in [7, 11) is 0. The van der Waals surface area contributed by atoms with E-state index >= 15 is 0 Å². The van der Waals surface area contributed by atoms with Gasteiger partial charge in [0.25, 0.3) is 0 Å². The molecule has 0 saturated heterocycles. The summed E-state index contributed by atoms with van der Waals surface area (Å²) in [6.45, 7) is 4.68. The summed E-state index contributed by atoms with van der Waals surface area (Å²) in [5.41, 5.74) is 1.64. The molecule has 1 saturated carbocycles. The molecular weight excluding hydrogens is 226 g/mol. The van der Waals surface area contributed by atoms with Crippen LogP contribution in [0, 0.1) is 5.92 Å². The van der Waals surface area contributed by atoms with Crippen LogP contribution in [-0.2, 0) is 12.8 Å². The Morgan fingerprint density at radius 1 is 1.24 bits per heavy atom. The third-order valence-electron chi connectivity index (χ3n) is 4.28. The lowest BCUT2D eigenvalue weighted by molar-refractivity contribution is 0.445. The van der Waals surface area contributed by atoms with Gasteiger partial charge < -0.3 is 5.32 Å². The molecule has 0 aromatic carbocycles. The van der Waals surface area contributed by atoms with Crippen molar-refractivity contribution in [2.45, 2.75) is 64.5 Å². The Bertz CT molecular complexity index is 368. The van der Waals surface area contributed by atoms with Crippen LogP contribution in [0.2, 0.25) is 0 Å². The van der Waals surface area contributed by atoms with Crippen LogP contribution < -0.4 is 5.32 Å². The molecule has 0 spiro atoms. The molecule has 2 unspecified atom stereocenters. The molecule has 1 aromatic rings. The minimum atomic E-state index is 0.543. The molecule has 0 amide bonds. The van der Waals surface area contributed by atoms with Gasteiger partial charge in [0, 0.05) is 21.8 Å². The predicted molar refractivity (Wildman–Crippen MR) is 74.7 cm³/mol. The van der Waals surface area contributed by atoms with E-state index in [0.29, 0.717) is 12.1 Å². The Hall–Kier alpha value is -0.340. The van der Waals surface area contributed by atoms with Crippen LogP contribution in [0.3, 0.4) is 0 Å². The summed E-state index contributed by atoms with van der Waals surface area (Å²) in [4.78, 5) is 3.23. The zero-order valence-electron chi connectivity index (χ0n) is 11.0. The third kappa shape index (κ3) is 2.58. The van der Waals surface area contributed by atoms with Crippen LogP contribution in [0.15, 0.2) is 6.07 Å². The highest BCUT2D eigenvalue weighted by molar-refractivity contribution is 7.12. The summed E-state index contributed by atoms with van der Waals surface area (Å²) >= 11 is 2.06. The first kappa shape index (κ1) is 11.7. The normalized spacial score (nSPS) is 23.2. The van der Waals surface area contributed by atoms with Crippen molar-refractivity contribution in [1.29, 1.82) is 0 Å². The van der Waals surface area contributed by atoms with Crippen LogP contribution in [0.4, 0.5) is 0 Å². The van der Waals surface area contributed by atoms with Gasteiger partial charge in [0.15, 0.2) is 0 Å². The Morgan fingerprint density at radius 2 is 2.00 bits per heavy atom. The van der Waals surface area contributed by atoms with Gasteiger partial charge in [0.05, 0.1) is 0 Å². The fraction of sp³-hybridized carbons (Fsp3) is 0.733. The topological polar surface area (TPSA) is 12.0 Å². The Morgan fingerprint density at radius 3 is 2.71 bits per heavy atom. The van der Waals surface area contributed by atoms with E-state index in [1.165, 1.54) is 38.5 Å². The molecule has 1 N–H and O–H groups in total. The van der Waals surface area contributed by atoms with Crippen LogP contribution in [0.25, 0.3) is 0 Å². The van der Waals surface area contributed by atoms with E-state index in [1.54, 1.807) is 15.3 Å². The number of hydrogen-bond acceptors (Lipinski definition) is 2. The maximum Gasteiger partial charge on any atom is 0.0388 e.